The van der Waals surface area contributed by atoms with Crippen LogP contribution in [0.5, 0.6) is 0 Å². The molecule has 0 unspecified atom stereocenters. The summed E-state index contributed by atoms with van der Waals surface area (Å²) in [5.74, 6) is -1.71. The number of carboxylic acids is 1. The minimum absolute atomic E-state index is 0. The summed E-state index contributed by atoms with van der Waals surface area (Å²) in [6, 6.07) is 20.1. The van der Waals surface area contributed by atoms with Crippen molar-refractivity contribution < 1.29 is 197 Å². The summed E-state index contributed by atoms with van der Waals surface area (Å²) in [7, 11) is -15.1. The van der Waals surface area contributed by atoms with Gasteiger partial charge >= 0.3 is 148 Å². The number of carbonyl (C=O) groups is 1. The molecule has 5 aromatic carbocycles. The molecule has 0 saturated carbocycles. The number of hydrogen-bond acceptors (Lipinski definition) is 17. The third-order valence-electron chi connectivity index (χ3n) is 7.01. The van der Waals surface area contributed by atoms with Crippen LogP contribution in [0.1, 0.15) is 10.4 Å². The number of aromatic nitrogens is 3. The number of benzene rings is 5. The molecule has 3 N–H and O–H groups in total. The van der Waals surface area contributed by atoms with Crippen LogP contribution in [0, 0.1) is 6.07 Å². The molecule has 25 heteroatoms. The Morgan fingerprint density at radius 3 is 1.42 bits per heavy atom. The summed E-state index contributed by atoms with van der Waals surface area (Å²) in [5, 5.41) is 20.1. The first-order chi connectivity index (χ1) is 23.4. The summed E-state index contributed by atoms with van der Waals surface area (Å²) >= 11 is 0. The van der Waals surface area contributed by atoms with Gasteiger partial charge < -0.3 is 39.5 Å². The van der Waals surface area contributed by atoms with Gasteiger partial charge in [-0.25, -0.2) is 16.8 Å². The number of nitrogens with one attached hydrogen (secondary N) is 3. The maximum absolute atomic E-state index is 11.9. The molecule has 0 bridgehead atoms. The Kier molecular flexibility index (Phi) is 19.9. The predicted molar refractivity (Wildman–Crippen MR) is 171 cm³/mol. The van der Waals surface area contributed by atoms with E-state index in [0.717, 1.165) is 12.1 Å². The van der Waals surface area contributed by atoms with E-state index >= 15 is 0 Å². The van der Waals surface area contributed by atoms with Crippen LogP contribution in [0.3, 0.4) is 0 Å². The smallest absolute Gasteiger partial charge is 0.754 e. The molecule has 0 aliphatic rings. The van der Waals surface area contributed by atoms with Crippen LogP contribution in [0.25, 0.3) is 21.5 Å². The van der Waals surface area contributed by atoms with E-state index in [9.17, 15) is 48.8 Å². The molecule has 55 heavy (non-hydrogen) atoms. The average molecular weight is 849 g/mol. The molecule has 17 nitrogen and oxygen atoms in total. The van der Waals surface area contributed by atoms with E-state index in [0.29, 0.717) is 22.8 Å². The molecule has 0 aliphatic carbocycles. The fourth-order valence-electron chi connectivity index (χ4n) is 4.83. The van der Waals surface area contributed by atoms with Gasteiger partial charge in [0.2, 0.25) is 17.8 Å². The average Bonchev–Trinajstić information content (AvgIpc) is 3.02. The topological polar surface area (TPSA) is 286 Å². The number of carboxylic acid groups (broad SMARTS) is 1. The van der Waals surface area contributed by atoms with Gasteiger partial charge in [0.25, 0.3) is 0 Å². The quantitative estimate of drug-likeness (QED) is 0.0655. The van der Waals surface area contributed by atoms with E-state index in [-0.39, 0.29) is 193 Å². The van der Waals surface area contributed by atoms with Crippen LogP contribution in [0.15, 0.2) is 99.6 Å². The van der Waals surface area contributed by atoms with Gasteiger partial charge in [-0.15, -0.1) is 10.8 Å². The minimum atomic E-state index is -5.19. The van der Waals surface area contributed by atoms with Gasteiger partial charge in [0.1, 0.15) is 20.2 Å². The number of aromatic carboxylic acids is 1. The molecule has 1 aromatic heterocycles. The number of fused-ring (bicyclic) bond motifs is 2. The van der Waals surface area contributed by atoms with Crippen LogP contribution in [0.4, 0.5) is 34.9 Å². The number of anilines is 6. The summed E-state index contributed by atoms with van der Waals surface area (Å²) in [6.45, 7) is 0. The number of hydrogen-bond donors (Lipinski definition) is 3. The molecule has 0 saturated heterocycles. The van der Waals surface area contributed by atoms with E-state index in [1.165, 1.54) is 66.7 Å². The fourth-order valence-corrected chi connectivity index (χ4v) is 6.84. The van der Waals surface area contributed by atoms with Gasteiger partial charge in [-0.2, -0.15) is 33.2 Å². The van der Waals surface area contributed by atoms with Crippen molar-refractivity contribution in [2.45, 2.75) is 14.7 Å². The Bertz CT molecular complexity index is 2710. The van der Waals surface area contributed by atoms with Gasteiger partial charge in [-0.05, 0) is 63.7 Å². The predicted octanol–water partition coefficient (Wildman–Crippen LogP) is -12.7. The summed E-state index contributed by atoms with van der Waals surface area (Å²) in [5.41, 5.74) is 0.765. The molecule has 6 rings (SSSR count). The van der Waals surface area contributed by atoms with Crippen molar-refractivity contribution in [2.24, 2.45) is 0 Å². The normalized spacial score (nSPS) is 11.0. The van der Waals surface area contributed by atoms with Crippen LogP contribution in [0.2, 0.25) is 0 Å². The molecule has 0 atom stereocenters. The molecule has 0 spiro atoms. The largest absolute Gasteiger partial charge is 1.00 e. The Balaban J connectivity index is 0.00000302. The fraction of sp³-hybridized carbons (Fsp3) is 0. The van der Waals surface area contributed by atoms with Crippen molar-refractivity contribution >= 4 is 92.8 Å². The molecule has 1 heterocycles. The van der Waals surface area contributed by atoms with Crippen LogP contribution >= 0.6 is 0 Å². The maximum Gasteiger partial charge on any atom is 1.00 e. The zero-order valence-electron chi connectivity index (χ0n) is 29.6. The Morgan fingerprint density at radius 2 is 0.964 bits per heavy atom. The molecular weight excluding hydrogens is 832 g/mol. The van der Waals surface area contributed by atoms with Gasteiger partial charge in [-0.3, -0.25) is 8.42 Å². The third-order valence-corrected chi connectivity index (χ3v) is 9.58. The second-order valence-electron chi connectivity index (χ2n) is 10.4. The first-order valence-corrected chi connectivity index (χ1v) is 17.9. The van der Waals surface area contributed by atoms with Crippen LogP contribution in [-0.4, -0.2) is 59.8 Å². The van der Waals surface area contributed by atoms with E-state index < -0.39 is 51.0 Å². The Hall–Kier alpha value is -0.770. The van der Waals surface area contributed by atoms with Gasteiger partial charge in [0, 0.05) is 17.1 Å². The van der Waals surface area contributed by atoms with Crippen LogP contribution < -0.4 is 169 Å². The Labute approximate surface area is 425 Å². The molecule has 0 radical (unpaired) electrons. The summed E-state index contributed by atoms with van der Waals surface area (Å²) in [6.07, 6.45) is 0. The zero-order valence-corrected chi connectivity index (χ0v) is 42.1. The van der Waals surface area contributed by atoms with Crippen LogP contribution in [-0.2, 0) is 30.4 Å². The zero-order chi connectivity index (χ0) is 36.0. The first kappa shape index (κ1) is 52.2. The van der Waals surface area contributed by atoms with Crippen molar-refractivity contribution in [3.05, 3.63) is 96.6 Å². The number of rotatable bonds is 10. The summed E-state index contributed by atoms with van der Waals surface area (Å²) < 4.78 is 106. The SMILES string of the molecule is O=C([O-])c1ccc(Nc2nc(Nc3ccc4c(S(=O)(=O)[O-])c[c-]cc4c3)nc(Nc3ccc4c(S(=O)(=O)[O-])cc(S(=O)(=O)[O-])cc4c3)n2)cc1.[Na+].[Na+].[Na+].[Na+].[Na+]. The van der Waals surface area contributed by atoms with Gasteiger partial charge in [0.15, 0.2) is 0 Å². The monoisotopic (exact) mass is 848 g/mol. The maximum atomic E-state index is 11.9. The van der Waals surface area contributed by atoms with Crippen molar-refractivity contribution in [1.29, 1.82) is 0 Å². The Morgan fingerprint density at radius 1 is 0.527 bits per heavy atom. The molecule has 0 aliphatic heterocycles. The van der Waals surface area contributed by atoms with Crippen molar-refractivity contribution in [3.8, 4) is 0 Å². The second-order valence-corrected chi connectivity index (χ2v) is 14.5. The summed E-state index contributed by atoms with van der Waals surface area (Å²) in [4.78, 5) is 21.8. The van der Waals surface area contributed by atoms with Gasteiger partial charge in [0.05, 0.1) is 25.9 Å². The van der Waals surface area contributed by atoms with Crippen molar-refractivity contribution in [3.63, 3.8) is 0 Å². The second kappa shape index (κ2) is 21.0. The van der Waals surface area contributed by atoms with E-state index in [2.05, 4.69) is 37.0 Å². The molecule has 0 fully saturated rings. The first-order valence-electron chi connectivity index (χ1n) is 13.7. The van der Waals surface area contributed by atoms with Crippen molar-refractivity contribution in [2.75, 3.05) is 16.0 Å². The molecule has 6 aromatic rings. The molecular formula is C30H17N6Na5O11S3. The molecule has 0 amide bonds. The van der Waals surface area contributed by atoms with Crippen molar-refractivity contribution in [1.82, 2.24) is 15.0 Å². The minimum Gasteiger partial charge on any atom is -0.754 e. The van der Waals surface area contributed by atoms with E-state index in [1.54, 1.807) is 0 Å². The molecule has 256 valence electrons. The van der Waals surface area contributed by atoms with E-state index in [4.69, 9.17) is 0 Å². The standard InChI is InChI=1S/C30H21N6O11S3.5Na/c37-27(38)16-4-6-19(7-5-16)31-28-34-29(32-20-8-10-23-17(12-20)2-1-3-25(23)49(42,43)44)36-30(35-28)33-21-9-11-24-18(13-21)14-22(48(39,40)41)15-26(24)50(45,46)47;;;;;/h2-15H,(H,37,38)(H,39,40,41)(H,42,43,44)(H,45,46,47)(H3,31,32,33,34,35,36);;;;;/q-1;5*+1/p-4. The number of carbonyl (C=O) groups excluding carboxylic acids is 1. The van der Waals surface area contributed by atoms with Gasteiger partial charge in [-0.1, -0.05) is 30.3 Å². The number of nitrogens with zero attached hydrogens (tertiary/aromatic N) is 3. The third kappa shape index (κ3) is 13.1. The van der Waals surface area contributed by atoms with E-state index in [1.807, 2.05) is 0 Å².